The maximum absolute atomic E-state index is 12.3. The number of hydrogen-bond acceptors (Lipinski definition) is 6. The van der Waals surface area contributed by atoms with Crippen molar-refractivity contribution >= 4 is 45.5 Å². The van der Waals surface area contributed by atoms with E-state index in [1.807, 2.05) is 68.4 Å². The van der Waals surface area contributed by atoms with Crippen LogP contribution in [0.1, 0.15) is 12.5 Å². The molecule has 1 aromatic heterocycles. The van der Waals surface area contributed by atoms with Gasteiger partial charge in [0.05, 0.1) is 5.25 Å². The zero-order valence-corrected chi connectivity index (χ0v) is 15.5. The molecule has 0 spiro atoms. The van der Waals surface area contributed by atoms with E-state index in [-0.39, 0.29) is 11.2 Å². The van der Waals surface area contributed by atoms with Crippen molar-refractivity contribution in [3.05, 3.63) is 60.2 Å². The third-order valence-corrected chi connectivity index (χ3v) is 5.42. The van der Waals surface area contributed by atoms with Crippen LogP contribution in [0.5, 0.6) is 0 Å². The van der Waals surface area contributed by atoms with Gasteiger partial charge in [-0.15, -0.1) is 10.2 Å². The van der Waals surface area contributed by atoms with Crippen LogP contribution >= 0.6 is 23.1 Å². The first kappa shape index (κ1) is 17.4. The summed E-state index contributed by atoms with van der Waals surface area (Å²) in [7, 11) is 0. The summed E-state index contributed by atoms with van der Waals surface area (Å²) in [5.41, 5.74) is 2.96. The predicted molar refractivity (Wildman–Crippen MR) is 105 cm³/mol. The molecule has 0 radical (unpaired) electrons. The molecular formula is C18H18N4OS2. The molecule has 2 aromatic carbocycles. The van der Waals surface area contributed by atoms with Crippen LogP contribution in [-0.2, 0) is 4.79 Å². The van der Waals surface area contributed by atoms with Gasteiger partial charge in [-0.05, 0) is 38.1 Å². The lowest BCUT2D eigenvalue weighted by Crippen LogP contribution is -2.22. The van der Waals surface area contributed by atoms with Gasteiger partial charge in [-0.2, -0.15) is 0 Å². The summed E-state index contributed by atoms with van der Waals surface area (Å²) in [5.74, 6) is -0.0561. The number of hydrogen-bond donors (Lipinski definition) is 2. The van der Waals surface area contributed by atoms with Crippen molar-refractivity contribution in [2.45, 2.75) is 23.4 Å². The van der Waals surface area contributed by atoms with Gasteiger partial charge in [0.25, 0.3) is 0 Å². The number of thioether (sulfide) groups is 1. The molecule has 0 aliphatic heterocycles. The zero-order chi connectivity index (χ0) is 17.6. The minimum atomic E-state index is -0.264. The van der Waals surface area contributed by atoms with Crippen molar-refractivity contribution in [3.63, 3.8) is 0 Å². The minimum absolute atomic E-state index is 0.0561. The summed E-state index contributed by atoms with van der Waals surface area (Å²) in [4.78, 5) is 12.3. The smallest absolute Gasteiger partial charge is 0.237 e. The number of aryl methyl sites for hydroxylation is 1. The van der Waals surface area contributed by atoms with Crippen LogP contribution in [0.15, 0.2) is 58.9 Å². The largest absolute Gasteiger partial charge is 0.330 e. The Morgan fingerprint density at radius 2 is 1.76 bits per heavy atom. The van der Waals surface area contributed by atoms with Crippen LogP contribution in [-0.4, -0.2) is 21.4 Å². The Labute approximate surface area is 154 Å². The number of para-hydroxylation sites is 1. The maximum atomic E-state index is 12.3. The number of nitrogens with zero attached hydrogens (tertiary/aromatic N) is 2. The van der Waals surface area contributed by atoms with Crippen molar-refractivity contribution in [1.29, 1.82) is 0 Å². The fraction of sp³-hybridized carbons (Fsp3) is 0.167. The molecule has 7 heteroatoms. The van der Waals surface area contributed by atoms with Crippen molar-refractivity contribution in [2.24, 2.45) is 0 Å². The van der Waals surface area contributed by atoms with E-state index in [1.165, 1.54) is 28.7 Å². The van der Waals surface area contributed by atoms with E-state index in [1.54, 1.807) is 0 Å². The Morgan fingerprint density at radius 3 is 2.48 bits per heavy atom. The van der Waals surface area contributed by atoms with E-state index in [2.05, 4.69) is 20.8 Å². The first-order valence-electron chi connectivity index (χ1n) is 7.80. The Balaban J connectivity index is 1.57. The average Bonchev–Trinajstić information content (AvgIpc) is 3.04. The maximum Gasteiger partial charge on any atom is 0.237 e. The first-order valence-corrected chi connectivity index (χ1v) is 9.49. The van der Waals surface area contributed by atoms with Gasteiger partial charge in [-0.25, -0.2) is 0 Å². The standard InChI is InChI=1S/C18H18N4OS2/c1-12-8-10-15(11-9-12)20-17-21-22-18(25-17)24-13(2)16(23)19-14-6-4-3-5-7-14/h3-11,13H,1-2H3,(H,19,23)(H,20,21)/t13-/m0/s1. The van der Waals surface area contributed by atoms with Crippen molar-refractivity contribution in [3.8, 4) is 0 Å². The molecule has 25 heavy (non-hydrogen) atoms. The molecule has 0 bridgehead atoms. The van der Waals surface area contributed by atoms with Gasteiger partial charge < -0.3 is 10.6 Å². The summed E-state index contributed by atoms with van der Waals surface area (Å²) in [6, 6.07) is 17.5. The summed E-state index contributed by atoms with van der Waals surface area (Å²) in [5, 5.41) is 14.8. The molecule has 1 atom stereocenters. The molecule has 0 unspecified atom stereocenters. The van der Waals surface area contributed by atoms with Crippen molar-refractivity contribution in [2.75, 3.05) is 10.6 Å². The molecule has 128 valence electrons. The topological polar surface area (TPSA) is 66.9 Å². The number of aromatic nitrogens is 2. The third-order valence-electron chi connectivity index (χ3n) is 3.40. The molecule has 2 N–H and O–H groups in total. The molecule has 0 aliphatic carbocycles. The van der Waals surface area contributed by atoms with Gasteiger partial charge in [-0.1, -0.05) is 59.0 Å². The summed E-state index contributed by atoms with van der Waals surface area (Å²) >= 11 is 2.83. The van der Waals surface area contributed by atoms with E-state index >= 15 is 0 Å². The summed E-state index contributed by atoms with van der Waals surface area (Å²) in [6.07, 6.45) is 0. The normalized spacial score (nSPS) is 11.8. The van der Waals surface area contributed by atoms with E-state index < -0.39 is 0 Å². The highest BCUT2D eigenvalue weighted by molar-refractivity contribution is 8.02. The lowest BCUT2D eigenvalue weighted by atomic mass is 10.2. The predicted octanol–water partition coefficient (Wildman–Crippen LogP) is 4.71. The number of carbonyl (C=O) groups excluding carboxylic acids is 1. The van der Waals surface area contributed by atoms with Crippen LogP contribution in [0, 0.1) is 6.92 Å². The van der Waals surface area contributed by atoms with Gasteiger partial charge in [-0.3, -0.25) is 4.79 Å². The van der Waals surface area contributed by atoms with Gasteiger partial charge in [0.15, 0.2) is 4.34 Å². The first-order chi connectivity index (χ1) is 12.1. The fourth-order valence-electron chi connectivity index (χ4n) is 2.04. The Bertz CT molecular complexity index is 834. The highest BCUT2D eigenvalue weighted by Gasteiger charge is 2.17. The molecule has 1 heterocycles. The summed E-state index contributed by atoms with van der Waals surface area (Å²) in [6.45, 7) is 3.91. The lowest BCUT2D eigenvalue weighted by molar-refractivity contribution is -0.115. The molecule has 3 rings (SSSR count). The van der Waals surface area contributed by atoms with Gasteiger partial charge in [0, 0.05) is 11.4 Å². The van der Waals surface area contributed by atoms with E-state index in [0.717, 1.165) is 15.7 Å². The molecule has 1 amide bonds. The second-order valence-corrected chi connectivity index (χ2v) is 8.04. The van der Waals surface area contributed by atoms with Crippen LogP contribution in [0.4, 0.5) is 16.5 Å². The number of anilines is 3. The summed E-state index contributed by atoms with van der Waals surface area (Å²) < 4.78 is 0.755. The molecule has 0 fully saturated rings. The minimum Gasteiger partial charge on any atom is -0.330 e. The number of benzene rings is 2. The average molecular weight is 371 g/mol. The van der Waals surface area contributed by atoms with Gasteiger partial charge in [0.1, 0.15) is 0 Å². The zero-order valence-electron chi connectivity index (χ0n) is 13.9. The lowest BCUT2D eigenvalue weighted by Gasteiger charge is -2.09. The number of nitrogens with one attached hydrogen (secondary N) is 2. The number of carbonyl (C=O) groups is 1. The molecule has 0 saturated heterocycles. The molecule has 5 nitrogen and oxygen atoms in total. The van der Waals surface area contributed by atoms with Gasteiger partial charge in [0.2, 0.25) is 11.0 Å². The molecule has 3 aromatic rings. The highest BCUT2D eigenvalue weighted by Crippen LogP contribution is 2.30. The van der Waals surface area contributed by atoms with Crippen LogP contribution in [0.25, 0.3) is 0 Å². The SMILES string of the molecule is Cc1ccc(Nc2nnc(S[C@@H](C)C(=O)Nc3ccccc3)s2)cc1. The quantitative estimate of drug-likeness (QED) is 0.615. The molecule has 0 saturated carbocycles. The van der Waals surface area contributed by atoms with E-state index in [4.69, 9.17) is 0 Å². The number of amides is 1. The second kappa shape index (κ2) is 8.13. The monoisotopic (exact) mass is 370 g/mol. The second-order valence-electron chi connectivity index (χ2n) is 5.48. The van der Waals surface area contributed by atoms with Crippen LogP contribution in [0.3, 0.4) is 0 Å². The van der Waals surface area contributed by atoms with E-state index in [0.29, 0.717) is 5.13 Å². The Morgan fingerprint density at radius 1 is 1.04 bits per heavy atom. The molecule has 0 aliphatic rings. The third kappa shape index (κ3) is 5.04. The van der Waals surface area contributed by atoms with Crippen molar-refractivity contribution < 1.29 is 4.79 Å². The van der Waals surface area contributed by atoms with Crippen LogP contribution < -0.4 is 10.6 Å². The van der Waals surface area contributed by atoms with E-state index in [9.17, 15) is 4.79 Å². The molecular weight excluding hydrogens is 352 g/mol. The van der Waals surface area contributed by atoms with Gasteiger partial charge >= 0.3 is 0 Å². The highest BCUT2D eigenvalue weighted by atomic mass is 32.2. The fourth-order valence-corrected chi connectivity index (χ4v) is 3.95. The number of rotatable bonds is 6. The Hall–Kier alpha value is -2.38. The Kier molecular flexibility index (Phi) is 5.67. The van der Waals surface area contributed by atoms with Crippen molar-refractivity contribution in [1.82, 2.24) is 10.2 Å². The van der Waals surface area contributed by atoms with Crippen LogP contribution in [0.2, 0.25) is 0 Å².